The van der Waals surface area contributed by atoms with Gasteiger partial charge in [0, 0.05) is 6.54 Å². The summed E-state index contributed by atoms with van der Waals surface area (Å²) in [7, 11) is 0. The Hall–Kier alpha value is -3.29. The lowest BCUT2D eigenvalue weighted by atomic mass is 9.97. The smallest absolute Gasteiger partial charge is 0.316 e. The lowest BCUT2D eigenvalue weighted by molar-refractivity contribution is 0.0910. The lowest BCUT2D eigenvalue weighted by Gasteiger charge is -2.12. The number of rotatable bonds is 6. The van der Waals surface area contributed by atoms with Crippen LogP contribution >= 0.6 is 0 Å². The van der Waals surface area contributed by atoms with E-state index in [1.54, 1.807) is 18.2 Å². The molecule has 0 fully saturated rings. The number of amides is 1. The summed E-state index contributed by atoms with van der Waals surface area (Å²) in [5.74, 6) is -0.257. The lowest BCUT2D eigenvalue weighted by Crippen LogP contribution is -2.25. The topological polar surface area (TPSA) is 103 Å². The molecule has 4 rings (SSSR count). The van der Waals surface area contributed by atoms with Crippen LogP contribution in [0.4, 0.5) is 0 Å². The van der Waals surface area contributed by atoms with Crippen LogP contribution in [0.15, 0.2) is 51.6 Å². The van der Waals surface area contributed by atoms with E-state index >= 15 is 0 Å². The van der Waals surface area contributed by atoms with Gasteiger partial charge in [-0.25, -0.2) is 4.98 Å². The predicted octanol–water partition coefficient (Wildman–Crippen LogP) is 2.45. The Balaban J connectivity index is 1.39. The number of hydrogen-bond donors (Lipinski definition) is 1. The van der Waals surface area contributed by atoms with Gasteiger partial charge in [0.25, 0.3) is 5.56 Å². The highest BCUT2D eigenvalue weighted by Crippen LogP contribution is 2.19. The van der Waals surface area contributed by atoms with Gasteiger partial charge in [-0.15, -0.1) is 0 Å². The van der Waals surface area contributed by atoms with E-state index in [1.165, 1.54) is 29.3 Å². The molecule has 1 aromatic carbocycles. The van der Waals surface area contributed by atoms with Crippen molar-refractivity contribution in [1.82, 2.24) is 25.0 Å². The van der Waals surface area contributed by atoms with Crippen LogP contribution in [-0.4, -0.2) is 32.1 Å². The fourth-order valence-electron chi connectivity index (χ4n) is 3.33. The second-order valence-corrected chi connectivity index (χ2v) is 6.82. The van der Waals surface area contributed by atoms with E-state index in [0.717, 1.165) is 19.3 Å². The number of hydrogen-bond acceptors (Lipinski definition) is 6. The maximum atomic E-state index is 12.5. The molecule has 1 N–H and O–H groups in total. The summed E-state index contributed by atoms with van der Waals surface area (Å²) < 4.78 is 6.44. The first-order valence-electron chi connectivity index (χ1n) is 9.43. The molecule has 8 nitrogen and oxygen atoms in total. The molecule has 0 atom stereocenters. The van der Waals surface area contributed by atoms with Crippen LogP contribution in [0.2, 0.25) is 0 Å². The van der Waals surface area contributed by atoms with E-state index in [4.69, 9.17) is 4.52 Å². The normalized spacial score (nSPS) is 14.1. The Labute approximate surface area is 161 Å². The molecule has 28 heavy (non-hydrogen) atoms. The maximum absolute atomic E-state index is 12.5. The van der Waals surface area contributed by atoms with Crippen molar-refractivity contribution in [3.05, 3.63) is 64.3 Å². The van der Waals surface area contributed by atoms with Gasteiger partial charge < -0.3 is 9.84 Å². The monoisotopic (exact) mass is 379 g/mol. The summed E-state index contributed by atoms with van der Waals surface area (Å²) in [6.07, 6.45) is 9.24. The number of nitrogens with zero attached hydrogens (tertiary/aromatic N) is 4. The molecular weight excluding hydrogens is 358 g/mol. The van der Waals surface area contributed by atoms with E-state index in [0.29, 0.717) is 17.4 Å². The zero-order valence-electron chi connectivity index (χ0n) is 15.4. The molecule has 0 saturated heterocycles. The highest BCUT2D eigenvalue weighted by Gasteiger charge is 2.16. The standard InChI is InChI=1S/C20H21N5O3/c26-18(21-11-10-14-6-2-1-3-7-14)19-23-17(24-28-19)12-25-13-22-16-9-5-4-8-15(16)20(25)27/h4-6,8-9,13H,1-3,7,10-12H2,(H,21,26). The molecule has 144 valence electrons. The molecule has 2 aromatic heterocycles. The summed E-state index contributed by atoms with van der Waals surface area (Å²) in [5, 5.41) is 7.13. The average Bonchev–Trinajstić information content (AvgIpc) is 3.20. The molecule has 8 heteroatoms. The minimum Gasteiger partial charge on any atom is -0.348 e. The third kappa shape index (κ3) is 4.00. The van der Waals surface area contributed by atoms with E-state index in [9.17, 15) is 9.59 Å². The molecule has 0 radical (unpaired) electrons. The molecule has 0 unspecified atom stereocenters. The Kier molecular flexibility index (Phi) is 5.27. The first-order chi connectivity index (χ1) is 13.7. The molecule has 0 aliphatic heterocycles. The molecule has 2 heterocycles. The third-order valence-electron chi connectivity index (χ3n) is 4.82. The molecule has 1 aliphatic carbocycles. The van der Waals surface area contributed by atoms with Crippen LogP contribution in [-0.2, 0) is 6.54 Å². The second kappa shape index (κ2) is 8.16. The Bertz CT molecular complexity index is 1080. The molecule has 1 aliphatic rings. The van der Waals surface area contributed by atoms with Gasteiger partial charge in [0.2, 0.25) is 0 Å². The van der Waals surface area contributed by atoms with Gasteiger partial charge in [0.15, 0.2) is 5.82 Å². The van der Waals surface area contributed by atoms with E-state index in [2.05, 4.69) is 26.5 Å². The highest BCUT2D eigenvalue weighted by atomic mass is 16.5. The van der Waals surface area contributed by atoms with E-state index in [-0.39, 0.29) is 23.8 Å². The molecule has 0 spiro atoms. The number of benzene rings is 1. The summed E-state index contributed by atoms with van der Waals surface area (Å²) in [6.45, 7) is 0.622. The van der Waals surface area contributed by atoms with Crippen LogP contribution in [0, 0.1) is 0 Å². The first-order valence-corrected chi connectivity index (χ1v) is 9.43. The Morgan fingerprint density at radius 3 is 3.00 bits per heavy atom. The highest BCUT2D eigenvalue weighted by molar-refractivity contribution is 5.89. The van der Waals surface area contributed by atoms with Gasteiger partial charge >= 0.3 is 11.8 Å². The SMILES string of the molecule is O=C(NCCC1=CCCCC1)c1nc(Cn2cnc3ccccc3c2=O)no1. The number of carbonyl (C=O) groups excluding carboxylic acids is 1. The minimum atomic E-state index is -0.404. The quantitative estimate of drug-likeness (QED) is 0.660. The minimum absolute atomic E-state index is 0.0837. The van der Waals surface area contributed by atoms with Crippen molar-refractivity contribution >= 4 is 16.8 Å². The van der Waals surface area contributed by atoms with Gasteiger partial charge in [-0.3, -0.25) is 14.2 Å². The number of fused-ring (bicyclic) bond motifs is 1. The van der Waals surface area contributed by atoms with Gasteiger partial charge in [-0.2, -0.15) is 4.98 Å². The third-order valence-corrected chi connectivity index (χ3v) is 4.82. The number of para-hydroxylation sites is 1. The van der Waals surface area contributed by atoms with Gasteiger partial charge in [-0.05, 0) is 44.2 Å². The number of carbonyl (C=O) groups is 1. The molecular formula is C20H21N5O3. The molecule has 1 amide bonds. The fraction of sp³-hybridized carbons (Fsp3) is 0.350. The van der Waals surface area contributed by atoms with Crippen molar-refractivity contribution in [3.63, 3.8) is 0 Å². The summed E-state index contributed by atoms with van der Waals surface area (Å²) in [5.41, 5.74) is 1.83. The fourth-order valence-corrected chi connectivity index (χ4v) is 3.33. The maximum Gasteiger partial charge on any atom is 0.316 e. The average molecular weight is 379 g/mol. The van der Waals surface area contributed by atoms with Crippen molar-refractivity contribution in [2.45, 2.75) is 38.6 Å². The molecule has 0 saturated carbocycles. The summed E-state index contributed by atoms with van der Waals surface area (Å²) in [4.78, 5) is 33.1. The van der Waals surface area contributed by atoms with Gasteiger partial charge in [0.05, 0.1) is 23.8 Å². The Morgan fingerprint density at radius 2 is 2.14 bits per heavy atom. The number of aromatic nitrogens is 4. The van der Waals surface area contributed by atoms with Crippen LogP contribution in [0.1, 0.15) is 48.6 Å². The van der Waals surface area contributed by atoms with Gasteiger partial charge in [0.1, 0.15) is 0 Å². The molecule has 3 aromatic rings. The zero-order valence-corrected chi connectivity index (χ0v) is 15.4. The number of nitrogens with one attached hydrogen (secondary N) is 1. The summed E-state index contributed by atoms with van der Waals surface area (Å²) in [6, 6.07) is 7.11. The van der Waals surface area contributed by atoms with Crippen LogP contribution in [0.25, 0.3) is 10.9 Å². The number of allylic oxidation sites excluding steroid dienone is 1. The van der Waals surface area contributed by atoms with E-state index in [1.807, 2.05) is 6.07 Å². The van der Waals surface area contributed by atoms with E-state index < -0.39 is 5.91 Å². The predicted molar refractivity (Wildman–Crippen MR) is 103 cm³/mol. The molecule has 0 bridgehead atoms. The second-order valence-electron chi connectivity index (χ2n) is 6.82. The van der Waals surface area contributed by atoms with Crippen molar-refractivity contribution in [3.8, 4) is 0 Å². The van der Waals surface area contributed by atoms with Crippen molar-refractivity contribution in [1.29, 1.82) is 0 Å². The van der Waals surface area contributed by atoms with Crippen molar-refractivity contribution in [2.24, 2.45) is 0 Å². The first kappa shape index (κ1) is 18.1. The van der Waals surface area contributed by atoms with Crippen molar-refractivity contribution < 1.29 is 9.32 Å². The summed E-state index contributed by atoms with van der Waals surface area (Å²) >= 11 is 0. The largest absolute Gasteiger partial charge is 0.348 e. The van der Waals surface area contributed by atoms with Crippen LogP contribution in [0.5, 0.6) is 0 Å². The Morgan fingerprint density at radius 1 is 1.25 bits per heavy atom. The van der Waals surface area contributed by atoms with Crippen LogP contribution in [0.3, 0.4) is 0 Å². The van der Waals surface area contributed by atoms with Gasteiger partial charge in [-0.1, -0.05) is 28.9 Å². The zero-order chi connectivity index (χ0) is 19.3. The van der Waals surface area contributed by atoms with Crippen molar-refractivity contribution in [2.75, 3.05) is 6.54 Å². The van der Waals surface area contributed by atoms with Crippen LogP contribution < -0.4 is 10.9 Å².